The summed E-state index contributed by atoms with van der Waals surface area (Å²) in [4.78, 5) is 13.5. The lowest BCUT2D eigenvalue weighted by Crippen LogP contribution is -2.29. The molecule has 0 unspecified atom stereocenters. The molecule has 7 nitrogen and oxygen atoms in total. The first-order valence-corrected chi connectivity index (χ1v) is 10.00. The van der Waals surface area contributed by atoms with Crippen LogP contribution in [0.3, 0.4) is 0 Å². The Bertz CT molecular complexity index is 909. The van der Waals surface area contributed by atoms with Crippen LogP contribution >= 0.6 is 0 Å². The van der Waals surface area contributed by atoms with Crippen molar-refractivity contribution >= 4 is 18.2 Å². The lowest BCUT2D eigenvalue weighted by Gasteiger charge is -2.18. The second kappa shape index (κ2) is 11.7. The van der Waals surface area contributed by atoms with Crippen molar-refractivity contribution in [3.05, 3.63) is 47.0 Å². The molecule has 0 aromatic heterocycles. The van der Waals surface area contributed by atoms with Crippen LogP contribution in [0.2, 0.25) is 0 Å². The highest BCUT2D eigenvalue weighted by Gasteiger charge is 2.13. The van der Waals surface area contributed by atoms with Crippen LogP contribution < -0.4 is 18.9 Å². The van der Waals surface area contributed by atoms with Crippen molar-refractivity contribution in [1.29, 1.82) is 0 Å². The van der Waals surface area contributed by atoms with Crippen LogP contribution in [0.4, 0.5) is 4.79 Å². The normalized spacial score (nSPS) is 10.6. The Morgan fingerprint density at radius 2 is 1.48 bits per heavy atom. The summed E-state index contributed by atoms with van der Waals surface area (Å²) in [5.74, 6) is 2.61. The van der Waals surface area contributed by atoms with Crippen LogP contribution in [-0.4, -0.2) is 59.6 Å². The zero-order valence-corrected chi connectivity index (χ0v) is 19.1. The number of likely N-dealkylation sites (N-methyl/N-ethyl adjacent to an activating group) is 1. The van der Waals surface area contributed by atoms with Crippen molar-refractivity contribution in [2.45, 2.75) is 13.3 Å². The fourth-order valence-electron chi connectivity index (χ4n) is 3.06. The minimum atomic E-state index is -0.342. The second-order valence-electron chi connectivity index (χ2n) is 6.72. The van der Waals surface area contributed by atoms with Crippen molar-refractivity contribution < 1.29 is 28.5 Å². The molecule has 0 aliphatic rings. The maximum absolute atomic E-state index is 11.9. The van der Waals surface area contributed by atoms with E-state index in [1.807, 2.05) is 42.5 Å². The highest BCUT2D eigenvalue weighted by Crippen LogP contribution is 2.33. The molecule has 0 aliphatic heterocycles. The van der Waals surface area contributed by atoms with Crippen LogP contribution in [0.1, 0.15) is 23.6 Å². The van der Waals surface area contributed by atoms with Gasteiger partial charge in [0.15, 0.2) is 23.0 Å². The number of amides is 1. The SMILES string of the molecule is CCOC(=O)N(C)CCc1cc(OC)c(OC)cc1/C=C/c1ccc(OC)c(OC)c1. The molecular formula is C24H31NO6. The average Bonchev–Trinajstić information content (AvgIpc) is 2.80. The van der Waals surface area contributed by atoms with Crippen molar-refractivity contribution in [2.75, 3.05) is 48.6 Å². The van der Waals surface area contributed by atoms with Crippen LogP contribution in [0.25, 0.3) is 12.2 Å². The zero-order chi connectivity index (χ0) is 22.8. The number of hydrogen-bond acceptors (Lipinski definition) is 6. The number of carbonyl (C=O) groups is 1. The van der Waals surface area contributed by atoms with Gasteiger partial charge in [-0.25, -0.2) is 4.79 Å². The molecule has 0 aliphatic carbocycles. The minimum Gasteiger partial charge on any atom is -0.493 e. The van der Waals surface area contributed by atoms with Gasteiger partial charge in [0, 0.05) is 13.6 Å². The topological polar surface area (TPSA) is 66.5 Å². The van der Waals surface area contributed by atoms with Gasteiger partial charge in [-0.3, -0.25) is 0 Å². The number of methoxy groups -OCH3 is 4. The third-order valence-corrected chi connectivity index (χ3v) is 4.80. The predicted octanol–water partition coefficient (Wildman–Crippen LogP) is 4.52. The summed E-state index contributed by atoms with van der Waals surface area (Å²) in [5, 5.41) is 0. The molecule has 0 N–H and O–H groups in total. The van der Waals surface area contributed by atoms with Crippen molar-refractivity contribution in [3.63, 3.8) is 0 Å². The first kappa shape index (κ1) is 23.9. The van der Waals surface area contributed by atoms with Gasteiger partial charge < -0.3 is 28.6 Å². The molecular weight excluding hydrogens is 398 g/mol. The number of benzene rings is 2. The van der Waals surface area contributed by atoms with Gasteiger partial charge in [-0.2, -0.15) is 0 Å². The fourth-order valence-corrected chi connectivity index (χ4v) is 3.06. The molecule has 0 fully saturated rings. The van der Waals surface area contributed by atoms with Crippen molar-refractivity contribution in [3.8, 4) is 23.0 Å². The third-order valence-electron chi connectivity index (χ3n) is 4.80. The average molecular weight is 430 g/mol. The molecule has 0 heterocycles. The molecule has 2 rings (SSSR count). The number of hydrogen-bond donors (Lipinski definition) is 0. The molecule has 0 saturated heterocycles. The van der Waals surface area contributed by atoms with E-state index in [1.54, 1.807) is 47.3 Å². The molecule has 7 heteroatoms. The third kappa shape index (κ3) is 6.31. The van der Waals surface area contributed by atoms with E-state index in [-0.39, 0.29) is 6.09 Å². The van der Waals surface area contributed by atoms with Gasteiger partial charge in [-0.15, -0.1) is 0 Å². The second-order valence-corrected chi connectivity index (χ2v) is 6.72. The van der Waals surface area contributed by atoms with E-state index in [1.165, 1.54) is 0 Å². The summed E-state index contributed by atoms with van der Waals surface area (Å²) < 4.78 is 26.7. The zero-order valence-electron chi connectivity index (χ0n) is 19.1. The monoisotopic (exact) mass is 429 g/mol. The van der Waals surface area contributed by atoms with E-state index in [0.717, 1.165) is 16.7 Å². The van der Waals surface area contributed by atoms with Crippen LogP contribution in [0.5, 0.6) is 23.0 Å². The van der Waals surface area contributed by atoms with E-state index in [9.17, 15) is 4.79 Å². The van der Waals surface area contributed by atoms with Gasteiger partial charge in [0.05, 0.1) is 35.0 Å². The molecule has 0 bridgehead atoms. The molecule has 0 radical (unpaired) electrons. The lowest BCUT2D eigenvalue weighted by atomic mass is 10.0. The van der Waals surface area contributed by atoms with Crippen molar-refractivity contribution in [2.24, 2.45) is 0 Å². The summed E-state index contributed by atoms with van der Waals surface area (Å²) in [5.41, 5.74) is 2.94. The molecule has 31 heavy (non-hydrogen) atoms. The fraction of sp³-hybridized carbons (Fsp3) is 0.375. The van der Waals surface area contributed by atoms with E-state index < -0.39 is 0 Å². The van der Waals surface area contributed by atoms with Gasteiger partial charge in [-0.05, 0) is 54.3 Å². The van der Waals surface area contributed by atoms with Gasteiger partial charge in [0.1, 0.15) is 0 Å². The molecule has 168 valence electrons. The number of ether oxygens (including phenoxy) is 5. The van der Waals surface area contributed by atoms with Gasteiger partial charge in [-0.1, -0.05) is 18.2 Å². The van der Waals surface area contributed by atoms with Gasteiger partial charge in [0.2, 0.25) is 0 Å². The summed E-state index contributed by atoms with van der Waals surface area (Å²) >= 11 is 0. The molecule has 0 spiro atoms. The first-order valence-electron chi connectivity index (χ1n) is 10.00. The quantitative estimate of drug-likeness (QED) is 0.517. The van der Waals surface area contributed by atoms with E-state index in [2.05, 4.69) is 0 Å². The Labute approximate surface area is 184 Å². The van der Waals surface area contributed by atoms with Gasteiger partial charge >= 0.3 is 6.09 Å². The summed E-state index contributed by atoms with van der Waals surface area (Å²) in [6.07, 6.45) is 4.27. The number of rotatable bonds is 10. The maximum atomic E-state index is 11.9. The van der Waals surface area contributed by atoms with E-state index in [0.29, 0.717) is 42.6 Å². The lowest BCUT2D eigenvalue weighted by molar-refractivity contribution is 0.116. The summed E-state index contributed by atoms with van der Waals surface area (Å²) in [6, 6.07) is 9.58. The van der Waals surface area contributed by atoms with Crippen LogP contribution in [0.15, 0.2) is 30.3 Å². The van der Waals surface area contributed by atoms with Crippen LogP contribution in [0, 0.1) is 0 Å². The highest BCUT2D eigenvalue weighted by atomic mass is 16.6. The smallest absolute Gasteiger partial charge is 0.409 e. The summed E-state index contributed by atoms with van der Waals surface area (Å²) in [7, 11) is 8.14. The first-order chi connectivity index (χ1) is 15.0. The van der Waals surface area contributed by atoms with E-state index >= 15 is 0 Å². The Morgan fingerprint density at radius 3 is 2.10 bits per heavy atom. The van der Waals surface area contributed by atoms with Gasteiger partial charge in [0.25, 0.3) is 0 Å². The van der Waals surface area contributed by atoms with Crippen molar-refractivity contribution in [1.82, 2.24) is 4.90 Å². The molecule has 1 amide bonds. The molecule has 0 atom stereocenters. The minimum absolute atomic E-state index is 0.342. The number of carbonyl (C=O) groups excluding carboxylic acids is 1. The molecule has 2 aromatic rings. The van der Waals surface area contributed by atoms with E-state index in [4.69, 9.17) is 23.7 Å². The Morgan fingerprint density at radius 1 is 0.871 bits per heavy atom. The Kier molecular flexibility index (Phi) is 9.06. The molecule has 0 saturated carbocycles. The maximum Gasteiger partial charge on any atom is 0.409 e. The largest absolute Gasteiger partial charge is 0.493 e. The van der Waals surface area contributed by atoms with Crippen LogP contribution in [-0.2, 0) is 11.2 Å². The highest BCUT2D eigenvalue weighted by molar-refractivity contribution is 5.74. The molecule has 2 aromatic carbocycles. The number of nitrogens with zero attached hydrogens (tertiary/aromatic N) is 1. The summed E-state index contributed by atoms with van der Waals surface area (Å²) in [6.45, 7) is 2.64. The predicted molar refractivity (Wildman–Crippen MR) is 121 cm³/mol. The Hall–Kier alpha value is -3.35. The Balaban J connectivity index is 2.33. The standard InChI is InChI=1S/C24H31NO6/c1-7-31-24(26)25(2)13-12-19-16-23(30-6)22(29-5)15-18(19)10-8-17-9-11-20(27-3)21(14-17)28-4/h8-11,14-16H,7,12-13H2,1-6H3/b10-8+.